The van der Waals surface area contributed by atoms with Crippen molar-refractivity contribution in [1.82, 2.24) is 9.78 Å². The van der Waals surface area contributed by atoms with Crippen molar-refractivity contribution < 1.29 is 0 Å². The smallest absolute Gasteiger partial charge is 0.0680 e. The highest BCUT2D eigenvalue weighted by Gasteiger charge is 2.06. The number of anilines is 2. The van der Waals surface area contributed by atoms with Crippen molar-refractivity contribution in [3.8, 4) is 11.3 Å². The third-order valence-corrected chi connectivity index (χ3v) is 2.57. The van der Waals surface area contributed by atoms with Gasteiger partial charge in [0.15, 0.2) is 0 Å². The topological polar surface area (TPSA) is 47.1 Å². The van der Waals surface area contributed by atoms with Gasteiger partial charge >= 0.3 is 0 Å². The molecule has 4 nitrogen and oxygen atoms in total. The monoisotopic (exact) mass is 310 g/mol. The molecule has 18 heavy (non-hydrogen) atoms. The molecule has 1 aromatic heterocycles. The van der Waals surface area contributed by atoms with Crippen LogP contribution in [0.1, 0.15) is 0 Å². The highest BCUT2D eigenvalue weighted by Crippen LogP contribution is 2.26. The van der Waals surface area contributed by atoms with Crippen LogP contribution in [0.5, 0.6) is 0 Å². The summed E-state index contributed by atoms with van der Waals surface area (Å²) < 4.78 is 1.84. The summed E-state index contributed by atoms with van der Waals surface area (Å²) in [6.45, 7) is 0. The van der Waals surface area contributed by atoms with E-state index in [1.165, 1.54) is 0 Å². The van der Waals surface area contributed by atoms with Gasteiger partial charge in [-0.3, -0.25) is 4.68 Å². The number of hydrogen-bond donors (Lipinski definition) is 1. The van der Waals surface area contributed by atoms with Gasteiger partial charge in [-0.2, -0.15) is 5.10 Å². The van der Waals surface area contributed by atoms with Gasteiger partial charge in [-0.15, -0.1) is 0 Å². The Labute approximate surface area is 117 Å². The van der Waals surface area contributed by atoms with Crippen molar-refractivity contribution in [3.05, 3.63) is 30.5 Å². The van der Waals surface area contributed by atoms with Gasteiger partial charge in [0.25, 0.3) is 0 Å². The summed E-state index contributed by atoms with van der Waals surface area (Å²) in [4.78, 5) is 2.04. The van der Waals surface area contributed by atoms with Crippen molar-refractivity contribution in [2.75, 3.05) is 30.6 Å². The second-order valence-electron chi connectivity index (χ2n) is 4.05. The third-order valence-electron chi connectivity index (χ3n) is 2.57. The first-order valence-corrected chi connectivity index (χ1v) is 7.10. The van der Waals surface area contributed by atoms with Crippen LogP contribution < -0.4 is 10.6 Å². The highest BCUT2D eigenvalue weighted by atomic mass is 79.9. The van der Waals surface area contributed by atoms with Crippen LogP contribution >= 0.6 is 15.9 Å². The summed E-state index contributed by atoms with van der Waals surface area (Å²) in [6, 6.07) is 8.01. The largest absolute Gasteiger partial charge is 0.399 e. The van der Waals surface area contributed by atoms with E-state index in [1.54, 1.807) is 6.20 Å². The van der Waals surface area contributed by atoms with Crippen molar-refractivity contribution in [2.45, 2.75) is 0 Å². The number of aromatic nitrogens is 2. The van der Waals surface area contributed by atoms with E-state index >= 15 is 0 Å². The summed E-state index contributed by atoms with van der Waals surface area (Å²) in [5.41, 5.74) is 9.91. The number of nitrogen functional groups attached to an aromatic ring is 1. The maximum absolute atomic E-state index is 5.90. The van der Waals surface area contributed by atoms with E-state index in [0.29, 0.717) is 0 Å². The quantitative estimate of drug-likeness (QED) is 0.685. The van der Waals surface area contributed by atoms with Crippen LogP contribution in [0.2, 0.25) is 0 Å². The number of aryl methyl sites for hydroxylation is 1. The predicted octanol–water partition coefficient (Wildman–Crippen LogP) is 2.75. The Hall–Kier alpha value is -1.49. The molecule has 0 saturated heterocycles. The van der Waals surface area contributed by atoms with E-state index < -0.39 is 0 Å². The summed E-state index contributed by atoms with van der Waals surface area (Å²) in [5.74, 6) is 1.81. The summed E-state index contributed by atoms with van der Waals surface area (Å²) in [6.07, 6.45) is 1.79. The van der Waals surface area contributed by atoms with Crippen molar-refractivity contribution >= 4 is 27.3 Å². The van der Waals surface area contributed by atoms with Crippen LogP contribution in [0.4, 0.5) is 11.4 Å². The molecule has 2 rings (SSSR count). The van der Waals surface area contributed by atoms with Gasteiger partial charge < -0.3 is 10.6 Å². The second kappa shape index (κ2) is 6.44. The van der Waals surface area contributed by atoms with E-state index in [4.69, 9.17) is 5.73 Å². The van der Waals surface area contributed by atoms with Gasteiger partial charge in [0.2, 0.25) is 0 Å². The molecular weight excluding hydrogens is 292 g/mol. The van der Waals surface area contributed by atoms with Crippen LogP contribution in [0.25, 0.3) is 11.3 Å². The van der Waals surface area contributed by atoms with Crippen molar-refractivity contribution in [2.24, 2.45) is 7.05 Å². The third kappa shape index (κ3) is 3.26. The minimum absolute atomic E-state index is 0.766. The zero-order chi connectivity index (χ0) is 13.7. The molecular formula is C13H19BrN4. The lowest BCUT2D eigenvalue weighted by atomic mass is 10.1. The molecule has 2 N–H and O–H groups in total. The molecule has 5 heteroatoms. The maximum atomic E-state index is 5.90. The Morgan fingerprint density at radius 2 is 1.89 bits per heavy atom. The SMILES string of the molecule is CBr.CN(C)c1cc(N)cc(-c2ccnn2C)c1. The Kier molecular flexibility index (Phi) is 5.22. The molecule has 98 valence electrons. The van der Waals surface area contributed by atoms with Gasteiger partial charge in [-0.05, 0) is 30.1 Å². The number of rotatable bonds is 2. The van der Waals surface area contributed by atoms with E-state index in [9.17, 15) is 0 Å². The van der Waals surface area contributed by atoms with Crippen LogP contribution in [0, 0.1) is 0 Å². The van der Waals surface area contributed by atoms with Crippen LogP contribution in [-0.4, -0.2) is 29.7 Å². The van der Waals surface area contributed by atoms with Crippen LogP contribution in [-0.2, 0) is 7.05 Å². The number of alkyl halides is 1. The lowest BCUT2D eigenvalue weighted by Crippen LogP contribution is -2.09. The highest BCUT2D eigenvalue weighted by molar-refractivity contribution is 9.08. The Morgan fingerprint density at radius 3 is 2.39 bits per heavy atom. The number of halogens is 1. The normalized spacial score (nSPS) is 9.61. The standard InChI is InChI=1S/C12H16N4.CH3Br/c1-15(2)11-7-9(6-10(13)8-11)12-4-5-14-16(12)3;1-2/h4-8H,13H2,1-3H3;1H3. The average Bonchev–Trinajstić information content (AvgIpc) is 2.77. The first-order valence-electron chi connectivity index (χ1n) is 5.52. The number of nitrogens with zero attached hydrogens (tertiary/aromatic N) is 3. The molecule has 0 aliphatic carbocycles. The molecule has 0 radical (unpaired) electrons. The number of nitrogens with two attached hydrogens (primary N) is 1. The van der Waals surface area contributed by atoms with Crippen molar-refractivity contribution in [3.63, 3.8) is 0 Å². The average molecular weight is 311 g/mol. The zero-order valence-corrected chi connectivity index (χ0v) is 12.8. The molecule has 1 heterocycles. The molecule has 1 aromatic carbocycles. The summed E-state index contributed by atoms with van der Waals surface area (Å²) in [5, 5.41) is 4.16. The molecule has 0 saturated carbocycles. The fraction of sp³-hybridized carbons (Fsp3) is 0.308. The number of benzene rings is 1. The number of hydrogen-bond acceptors (Lipinski definition) is 3. The molecule has 0 amide bonds. The van der Waals surface area contributed by atoms with Crippen LogP contribution in [0.15, 0.2) is 30.5 Å². The molecule has 0 spiro atoms. The Bertz CT molecular complexity index is 505. The van der Waals surface area contributed by atoms with E-state index in [1.807, 2.05) is 54.8 Å². The molecule has 2 aromatic rings. The van der Waals surface area contributed by atoms with Crippen LogP contribution in [0.3, 0.4) is 0 Å². The minimum Gasteiger partial charge on any atom is -0.399 e. The first kappa shape index (κ1) is 14.6. The minimum atomic E-state index is 0.766. The van der Waals surface area contributed by atoms with Gasteiger partial charge in [0.1, 0.15) is 0 Å². The molecule has 0 aliphatic rings. The van der Waals surface area contributed by atoms with Gasteiger partial charge in [-0.1, -0.05) is 15.9 Å². The summed E-state index contributed by atoms with van der Waals surface area (Å²) >= 11 is 2.94. The van der Waals surface area contributed by atoms with E-state index in [2.05, 4.69) is 27.1 Å². The Morgan fingerprint density at radius 1 is 1.22 bits per heavy atom. The fourth-order valence-corrected chi connectivity index (χ4v) is 1.70. The first-order chi connectivity index (χ1) is 8.58. The van der Waals surface area contributed by atoms with Gasteiger partial charge in [0, 0.05) is 44.3 Å². The molecule has 0 aliphatic heterocycles. The molecule has 0 unspecified atom stereocenters. The van der Waals surface area contributed by atoms with Gasteiger partial charge in [-0.25, -0.2) is 0 Å². The summed E-state index contributed by atoms with van der Waals surface area (Å²) in [7, 11) is 5.93. The lowest BCUT2D eigenvalue weighted by molar-refractivity contribution is 0.776. The second-order valence-corrected chi connectivity index (χ2v) is 4.05. The van der Waals surface area contributed by atoms with Crippen molar-refractivity contribution in [1.29, 1.82) is 0 Å². The fourth-order valence-electron chi connectivity index (χ4n) is 1.70. The molecule has 0 atom stereocenters. The maximum Gasteiger partial charge on any atom is 0.0680 e. The molecule has 0 bridgehead atoms. The van der Waals surface area contributed by atoms with E-state index in [0.717, 1.165) is 22.6 Å². The molecule has 0 fully saturated rings. The predicted molar refractivity (Wildman–Crippen MR) is 82.2 cm³/mol. The lowest BCUT2D eigenvalue weighted by Gasteiger charge is -2.15. The zero-order valence-electron chi connectivity index (χ0n) is 11.2. The van der Waals surface area contributed by atoms with Gasteiger partial charge in [0.05, 0.1) is 5.69 Å². The Balaban J connectivity index is 0.000000771. The van der Waals surface area contributed by atoms with E-state index in [-0.39, 0.29) is 0 Å².